The minimum Gasteiger partial charge on any atom is -0.342 e. The van der Waals surface area contributed by atoms with Gasteiger partial charge in [-0.3, -0.25) is 4.98 Å². The lowest BCUT2D eigenvalue weighted by molar-refractivity contribution is -0.143. The first-order valence-corrected chi connectivity index (χ1v) is 12.4. The summed E-state index contributed by atoms with van der Waals surface area (Å²) < 4.78 is 39.8. The summed E-state index contributed by atoms with van der Waals surface area (Å²) >= 11 is 2.50. The van der Waals surface area contributed by atoms with Gasteiger partial charge in [0.2, 0.25) is 5.95 Å². The Morgan fingerprint density at radius 1 is 1.18 bits per heavy atom. The van der Waals surface area contributed by atoms with Gasteiger partial charge in [-0.2, -0.15) is 18.2 Å². The number of alkyl halides is 3. The Kier molecular flexibility index (Phi) is 5.04. The van der Waals surface area contributed by atoms with Crippen molar-refractivity contribution in [2.75, 3.05) is 18.0 Å². The van der Waals surface area contributed by atoms with Gasteiger partial charge in [0.15, 0.2) is 17.0 Å². The monoisotopic (exact) mass is 504 g/mol. The molecule has 0 radical (unpaired) electrons. The quantitative estimate of drug-likeness (QED) is 0.427. The molecule has 0 bridgehead atoms. The van der Waals surface area contributed by atoms with Gasteiger partial charge in [0, 0.05) is 35.1 Å². The molecule has 0 aromatic carbocycles. The van der Waals surface area contributed by atoms with Crippen LogP contribution in [0.25, 0.3) is 11.3 Å². The predicted octanol–water partition coefficient (Wildman–Crippen LogP) is 4.22. The lowest BCUT2D eigenvalue weighted by atomic mass is 9.74. The van der Waals surface area contributed by atoms with Crippen molar-refractivity contribution in [2.24, 2.45) is 11.1 Å². The number of fused-ring (bicyclic) bond motifs is 2. The first-order valence-electron chi connectivity index (χ1n) is 10.7. The SMILES string of the molecule is N[C@@H]1c2scnc2CC12CCN(c1nc3nc(Sc4cccnc4C(F)(F)F)cnc3[nH]1)CC2. The zero-order valence-electron chi connectivity index (χ0n) is 17.7. The first kappa shape index (κ1) is 21.7. The number of rotatable bonds is 3. The highest BCUT2D eigenvalue weighted by Gasteiger charge is 2.47. The van der Waals surface area contributed by atoms with E-state index in [1.807, 2.05) is 5.51 Å². The average molecular weight is 505 g/mol. The molecule has 176 valence electrons. The summed E-state index contributed by atoms with van der Waals surface area (Å²) in [5.74, 6) is 0.656. The van der Waals surface area contributed by atoms with Crippen molar-refractivity contribution in [1.82, 2.24) is 29.9 Å². The van der Waals surface area contributed by atoms with Gasteiger partial charge in [0.25, 0.3) is 0 Å². The van der Waals surface area contributed by atoms with Gasteiger partial charge in [-0.25, -0.2) is 15.0 Å². The average Bonchev–Trinajstić information content (AvgIpc) is 3.50. The molecule has 6 rings (SSSR count). The second kappa shape index (κ2) is 7.89. The largest absolute Gasteiger partial charge is 0.434 e. The van der Waals surface area contributed by atoms with E-state index in [4.69, 9.17) is 5.73 Å². The smallest absolute Gasteiger partial charge is 0.342 e. The number of anilines is 1. The molecular weight excluding hydrogens is 485 g/mol. The minimum atomic E-state index is -4.55. The highest BCUT2D eigenvalue weighted by molar-refractivity contribution is 7.99. The van der Waals surface area contributed by atoms with Crippen LogP contribution in [0.15, 0.2) is 40.0 Å². The van der Waals surface area contributed by atoms with Gasteiger partial charge in [-0.15, -0.1) is 11.3 Å². The number of pyridine rings is 1. The van der Waals surface area contributed by atoms with Crippen LogP contribution < -0.4 is 10.6 Å². The van der Waals surface area contributed by atoms with Crippen LogP contribution in [-0.2, 0) is 12.6 Å². The lowest BCUT2D eigenvalue weighted by Gasteiger charge is -2.41. The van der Waals surface area contributed by atoms with Crippen molar-refractivity contribution in [3.63, 3.8) is 0 Å². The van der Waals surface area contributed by atoms with Crippen molar-refractivity contribution >= 4 is 40.3 Å². The number of H-pyrrole nitrogens is 1. The van der Waals surface area contributed by atoms with Crippen molar-refractivity contribution in [1.29, 1.82) is 0 Å². The van der Waals surface area contributed by atoms with Crippen LogP contribution in [0, 0.1) is 5.41 Å². The van der Waals surface area contributed by atoms with Crippen LogP contribution in [-0.4, -0.2) is 43.0 Å². The number of nitrogens with one attached hydrogen (secondary N) is 1. The molecule has 1 aliphatic heterocycles. The van der Waals surface area contributed by atoms with Gasteiger partial charge in [-0.05, 0) is 36.8 Å². The van der Waals surface area contributed by atoms with Crippen LogP contribution in [0.4, 0.5) is 19.1 Å². The van der Waals surface area contributed by atoms with E-state index in [0.717, 1.165) is 56.0 Å². The van der Waals surface area contributed by atoms with Gasteiger partial charge < -0.3 is 15.6 Å². The van der Waals surface area contributed by atoms with Gasteiger partial charge in [-0.1, -0.05) is 11.8 Å². The van der Waals surface area contributed by atoms with Gasteiger partial charge in [0.1, 0.15) is 5.03 Å². The van der Waals surface area contributed by atoms with E-state index in [2.05, 4.69) is 34.8 Å². The predicted molar refractivity (Wildman–Crippen MR) is 122 cm³/mol. The third kappa shape index (κ3) is 3.62. The molecule has 3 N–H and O–H groups in total. The van der Waals surface area contributed by atoms with E-state index in [-0.39, 0.29) is 16.4 Å². The molecule has 2 aliphatic rings. The molecule has 1 saturated heterocycles. The fraction of sp³-hybridized carbons (Fsp3) is 0.381. The number of nitrogens with two attached hydrogens (primary N) is 1. The number of aromatic amines is 1. The summed E-state index contributed by atoms with van der Waals surface area (Å²) in [5.41, 5.74) is 9.55. The Bertz CT molecular complexity index is 1360. The zero-order valence-corrected chi connectivity index (χ0v) is 19.3. The van der Waals surface area contributed by atoms with E-state index in [0.29, 0.717) is 22.3 Å². The molecule has 0 saturated carbocycles. The number of nitrogens with zero attached hydrogens (tertiary/aromatic N) is 6. The minimum absolute atomic E-state index is 0.0183. The Morgan fingerprint density at radius 2 is 2.00 bits per heavy atom. The third-order valence-electron chi connectivity index (χ3n) is 6.62. The van der Waals surface area contributed by atoms with Crippen molar-refractivity contribution in [2.45, 2.75) is 41.4 Å². The van der Waals surface area contributed by atoms with Crippen LogP contribution in [0.2, 0.25) is 0 Å². The summed E-state index contributed by atoms with van der Waals surface area (Å²) in [6.07, 6.45) is 0.789. The molecule has 13 heteroatoms. The zero-order chi connectivity index (χ0) is 23.5. The van der Waals surface area contributed by atoms with Crippen LogP contribution in [0.5, 0.6) is 0 Å². The summed E-state index contributed by atoms with van der Waals surface area (Å²) in [6, 6.07) is 2.85. The highest BCUT2D eigenvalue weighted by atomic mass is 32.2. The van der Waals surface area contributed by atoms with E-state index in [1.165, 1.54) is 23.2 Å². The maximum absolute atomic E-state index is 13.3. The summed E-state index contributed by atoms with van der Waals surface area (Å²) in [6.45, 7) is 1.57. The highest BCUT2D eigenvalue weighted by Crippen LogP contribution is 2.51. The molecule has 4 aromatic rings. The van der Waals surface area contributed by atoms with E-state index >= 15 is 0 Å². The van der Waals surface area contributed by atoms with Crippen LogP contribution in [0.3, 0.4) is 0 Å². The maximum Gasteiger partial charge on any atom is 0.434 e. The standard InChI is InChI=1S/C21H19F3N8S2/c22-21(23,24)16-12(2-1-5-26-16)34-13-9-27-17-18(29-13)31-19(30-17)32-6-3-20(4-7-32)8-11-14(15(20)25)33-10-28-11/h1-2,5,9-10,15H,3-4,6-8,25H2,(H,27,29,30,31)/t15-/m1/s1. The second-order valence-corrected chi connectivity index (χ2v) is 10.5. The molecule has 34 heavy (non-hydrogen) atoms. The van der Waals surface area contributed by atoms with Crippen molar-refractivity contribution in [3.8, 4) is 0 Å². The number of aromatic nitrogens is 6. The third-order valence-corrected chi connectivity index (χ3v) is 8.53. The number of hydrogen-bond acceptors (Lipinski definition) is 9. The van der Waals surface area contributed by atoms with Gasteiger partial charge in [0.05, 0.1) is 17.4 Å². The number of thiazole rings is 1. The maximum atomic E-state index is 13.3. The molecule has 1 fully saturated rings. The molecule has 4 aromatic heterocycles. The van der Waals surface area contributed by atoms with Crippen molar-refractivity contribution < 1.29 is 13.2 Å². The molecule has 0 unspecified atom stereocenters. The number of piperidine rings is 1. The van der Waals surface area contributed by atoms with Crippen LogP contribution >= 0.6 is 23.1 Å². The Morgan fingerprint density at radius 3 is 2.76 bits per heavy atom. The second-order valence-electron chi connectivity index (χ2n) is 8.56. The fourth-order valence-corrected chi connectivity index (χ4v) is 6.62. The number of halogens is 3. The van der Waals surface area contributed by atoms with E-state index in [1.54, 1.807) is 11.3 Å². The van der Waals surface area contributed by atoms with E-state index < -0.39 is 11.9 Å². The summed E-state index contributed by atoms with van der Waals surface area (Å²) in [7, 11) is 0. The Hall–Kier alpha value is -2.77. The normalized spacial score (nSPS) is 19.8. The summed E-state index contributed by atoms with van der Waals surface area (Å²) in [5, 5.41) is 0.317. The molecule has 5 heterocycles. The number of hydrogen-bond donors (Lipinski definition) is 2. The molecule has 1 aliphatic carbocycles. The molecule has 0 amide bonds. The number of imidazole rings is 1. The molecular formula is C21H19F3N8S2. The summed E-state index contributed by atoms with van der Waals surface area (Å²) in [4.78, 5) is 27.8. The lowest BCUT2D eigenvalue weighted by Crippen LogP contribution is -2.44. The van der Waals surface area contributed by atoms with E-state index in [9.17, 15) is 13.2 Å². The van der Waals surface area contributed by atoms with Crippen molar-refractivity contribution in [3.05, 3.63) is 46.3 Å². The molecule has 8 nitrogen and oxygen atoms in total. The Balaban J connectivity index is 1.20. The first-order chi connectivity index (χ1) is 16.3. The fourth-order valence-electron chi connectivity index (χ4n) is 4.80. The Labute approximate surface area is 200 Å². The molecule has 1 spiro atoms. The topological polar surface area (TPSA) is 110 Å². The molecule has 1 atom stereocenters. The van der Waals surface area contributed by atoms with Crippen LogP contribution in [0.1, 0.15) is 35.1 Å². The van der Waals surface area contributed by atoms with Gasteiger partial charge >= 0.3 is 6.18 Å².